The van der Waals surface area contributed by atoms with Gasteiger partial charge in [-0.2, -0.15) is 13.2 Å². The monoisotopic (exact) mass is 235 g/mol. The van der Waals surface area contributed by atoms with Crippen molar-refractivity contribution < 1.29 is 17.9 Å². The molecule has 0 bridgehead atoms. The lowest BCUT2D eigenvalue weighted by Gasteiger charge is -2.18. The summed E-state index contributed by atoms with van der Waals surface area (Å²) in [6.07, 6.45) is -2.90. The fourth-order valence-electron chi connectivity index (χ4n) is 1.29. The van der Waals surface area contributed by atoms with Gasteiger partial charge in [-0.15, -0.1) is 14.8 Å². The molecule has 5 nitrogen and oxygen atoms in total. The molecule has 1 fully saturated rings. The molecule has 1 saturated carbocycles. The molecule has 88 valence electrons. The van der Waals surface area contributed by atoms with Crippen molar-refractivity contribution in [2.45, 2.75) is 19.0 Å². The van der Waals surface area contributed by atoms with Crippen molar-refractivity contribution in [1.82, 2.24) is 9.89 Å². The lowest BCUT2D eigenvalue weighted by atomic mass is 10.1. The van der Waals surface area contributed by atoms with Crippen molar-refractivity contribution >= 4 is 0 Å². The number of nitroso groups, excluding NO2 is 1. The molecule has 0 spiro atoms. The highest BCUT2D eigenvalue weighted by molar-refractivity contribution is 5.08. The minimum atomic E-state index is -4.25. The summed E-state index contributed by atoms with van der Waals surface area (Å²) in [6, 6.07) is 1.29. The second-order valence-electron chi connectivity index (χ2n) is 3.72. The first-order chi connectivity index (χ1) is 7.47. The van der Waals surface area contributed by atoms with Crippen LogP contribution in [0.5, 0.6) is 5.88 Å². The van der Waals surface area contributed by atoms with E-state index in [1.165, 1.54) is 12.3 Å². The van der Waals surface area contributed by atoms with Gasteiger partial charge in [-0.3, -0.25) is 0 Å². The number of rotatable bonds is 4. The number of halogens is 3. The third-order valence-corrected chi connectivity index (χ3v) is 2.59. The van der Waals surface area contributed by atoms with Gasteiger partial charge < -0.3 is 4.74 Å². The second kappa shape index (κ2) is 3.46. The molecule has 2 rings (SSSR count). The predicted octanol–water partition coefficient (Wildman–Crippen LogP) is 2.13. The Morgan fingerprint density at radius 3 is 2.69 bits per heavy atom. The van der Waals surface area contributed by atoms with Gasteiger partial charge in [0.15, 0.2) is 0 Å². The quantitative estimate of drug-likeness (QED) is 0.751. The van der Waals surface area contributed by atoms with Crippen LogP contribution in [0, 0.1) is 10.3 Å². The van der Waals surface area contributed by atoms with Crippen LogP contribution < -0.4 is 4.74 Å². The molecule has 0 unspecified atom stereocenters. The standard InChI is InChI=1S/C8H8F3N3O2/c9-8(10,11)7(2-3-7)5-16-6-1-4-14(12-6)13-15/h1,4H,2-3,5H2. The summed E-state index contributed by atoms with van der Waals surface area (Å²) in [4.78, 5) is 10.7. The van der Waals surface area contributed by atoms with Crippen LogP contribution in [-0.4, -0.2) is 22.7 Å². The van der Waals surface area contributed by atoms with Crippen molar-refractivity contribution in [3.8, 4) is 5.88 Å². The maximum atomic E-state index is 12.5. The van der Waals surface area contributed by atoms with E-state index in [4.69, 9.17) is 4.74 Å². The van der Waals surface area contributed by atoms with Crippen LogP contribution in [-0.2, 0) is 0 Å². The fourth-order valence-corrected chi connectivity index (χ4v) is 1.29. The second-order valence-corrected chi connectivity index (χ2v) is 3.72. The summed E-state index contributed by atoms with van der Waals surface area (Å²) in [7, 11) is 0. The van der Waals surface area contributed by atoms with E-state index >= 15 is 0 Å². The Kier molecular flexibility index (Phi) is 2.36. The van der Waals surface area contributed by atoms with E-state index in [0.717, 1.165) is 0 Å². The summed E-state index contributed by atoms with van der Waals surface area (Å²) in [6.45, 7) is -0.466. The van der Waals surface area contributed by atoms with E-state index in [9.17, 15) is 18.1 Å². The van der Waals surface area contributed by atoms with Gasteiger partial charge in [-0.1, -0.05) is 0 Å². The number of hydrogen-bond acceptors (Lipinski definition) is 4. The molecule has 16 heavy (non-hydrogen) atoms. The van der Waals surface area contributed by atoms with Gasteiger partial charge in [0.2, 0.25) is 5.88 Å². The molecule has 1 aromatic rings. The molecule has 0 radical (unpaired) electrons. The van der Waals surface area contributed by atoms with Crippen LogP contribution in [0.2, 0.25) is 0 Å². The Morgan fingerprint density at radius 2 is 2.25 bits per heavy atom. The Morgan fingerprint density at radius 1 is 1.56 bits per heavy atom. The molecular formula is C8H8F3N3O2. The van der Waals surface area contributed by atoms with Crippen LogP contribution >= 0.6 is 0 Å². The fraction of sp³-hybridized carbons (Fsp3) is 0.625. The van der Waals surface area contributed by atoms with E-state index in [2.05, 4.69) is 10.4 Å². The minimum absolute atomic E-state index is 0.0323. The van der Waals surface area contributed by atoms with E-state index < -0.39 is 18.2 Å². The molecule has 0 aliphatic heterocycles. The summed E-state index contributed by atoms with van der Waals surface area (Å²) in [5.41, 5.74) is -1.73. The molecule has 0 N–H and O–H groups in total. The third kappa shape index (κ3) is 1.86. The van der Waals surface area contributed by atoms with E-state index in [0.29, 0.717) is 4.79 Å². The molecule has 0 saturated heterocycles. The number of aromatic nitrogens is 2. The first-order valence-electron chi connectivity index (χ1n) is 4.56. The Balaban J connectivity index is 1.95. The number of hydrogen-bond donors (Lipinski definition) is 0. The van der Waals surface area contributed by atoms with E-state index in [-0.39, 0.29) is 18.7 Å². The molecular weight excluding hydrogens is 227 g/mol. The third-order valence-electron chi connectivity index (χ3n) is 2.59. The first kappa shape index (κ1) is 10.9. The molecule has 1 aliphatic carbocycles. The zero-order valence-corrected chi connectivity index (χ0v) is 8.07. The summed E-state index contributed by atoms with van der Waals surface area (Å²) >= 11 is 0. The highest BCUT2D eigenvalue weighted by atomic mass is 19.4. The first-order valence-corrected chi connectivity index (χ1v) is 4.56. The van der Waals surface area contributed by atoms with Crippen molar-refractivity contribution in [2.24, 2.45) is 10.7 Å². The van der Waals surface area contributed by atoms with Crippen LogP contribution in [0.1, 0.15) is 12.8 Å². The largest absolute Gasteiger partial charge is 0.476 e. The van der Waals surface area contributed by atoms with Crippen LogP contribution in [0.15, 0.2) is 17.5 Å². The number of nitrogens with zero attached hydrogens (tertiary/aromatic N) is 3. The lowest BCUT2D eigenvalue weighted by molar-refractivity contribution is -0.194. The predicted molar refractivity (Wildman–Crippen MR) is 46.6 cm³/mol. The maximum absolute atomic E-state index is 12.5. The molecule has 0 atom stereocenters. The molecule has 1 heterocycles. The molecule has 1 aliphatic rings. The normalized spacial score (nSPS) is 18.2. The minimum Gasteiger partial charge on any atom is -0.476 e. The maximum Gasteiger partial charge on any atom is 0.397 e. The average Bonchev–Trinajstić information content (AvgIpc) is 2.88. The average molecular weight is 235 g/mol. The van der Waals surface area contributed by atoms with Crippen molar-refractivity contribution in [1.29, 1.82) is 0 Å². The highest BCUT2D eigenvalue weighted by Crippen LogP contribution is 2.57. The summed E-state index contributed by atoms with van der Waals surface area (Å²) in [5, 5.41) is 5.94. The highest BCUT2D eigenvalue weighted by Gasteiger charge is 2.63. The van der Waals surface area contributed by atoms with Gasteiger partial charge in [0.1, 0.15) is 12.0 Å². The zero-order valence-electron chi connectivity index (χ0n) is 8.07. The van der Waals surface area contributed by atoms with E-state index in [1.807, 2.05) is 0 Å². The number of ether oxygens (including phenoxy) is 1. The molecule has 0 aromatic carbocycles. The van der Waals surface area contributed by atoms with Crippen molar-refractivity contribution in [2.75, 3.05) is 6.61 Å². The van der Waals surface area contributed by atoms with Crippen molar-refractivity contribution in [3.63, 3.8) is 0 Å². The SMILES string of the molecule is O=Nn1ccc(OCC2(C(F)(F)F)CC2)n1. The number of alkyl halides is 3. The Labute approximate surface area is 88.1 Å². The summed E-state index contributed by atoms with van der Waals surface area (Å²) in [5.74, 6) is -0.0323. The Hall–Kier alpha value is -1.60. The molecule has 8 heteroatoms. The van der Waals surface area contributed by atoms with Crippen LogP contribution in [0.3, 0.4) is 0 Å². The zero-order chi connectivity index (χ0) is 11.8. The molecule has 0 amide bonds. The lowest BCUT2D eigenvalue weighted by Crippen LogP contribution is -2.30. The van der Waals surface area contributed by atoms with Crippen molar-refractivity contribution in [3.05, 3.63) is 17.2 Å². The van der Waals surface area contributed by atoms with Gasteiger partial charge in [-0.05, 0) is 12.8 Å². The van der Waals surface area contributed by atoms with Gasteiger partial charge in [0.25, 0.3) is 0 Å². The van der Waals surface area contributed by atoms with Crippen LogP contribution in [0.25, 0.3) is 0 Å². The molecule has 1 aromatic heterocycles. The van der Waals surface area contributed by atoms with Gasteiger partial charge >= 0.3 is 6.18 Å². The summed E-state index contributed by atoms with van der Waals surface area (Å²) < 4.78 is 42.4. The van der Waals surface area contributed by atoms with E-state index in [1.54, 1.807) is 0 Å². The van der Waals surface area contributed by atoms with Gasteiger partial charge in [0.05, 0.1) is 11.5 Å². The van der Waals surface area contributed by atoms with Gasteiger partial charge in [0, 0.05) is 6.07 Å². The topological polar surface area (TPSA) is 56.5 Å². The smallest absolute Gasteiger partial charge is 0.397 e. The van der Waals surface area contributed by atoms with Gasteiger partial charge in [-0.25, -0.2) is 0 Å². The van der Waals surface area contributed by atoms with Crippen LogP contribution in [0.4, 0.5) is 13.2 Å². The Bertz CT molecular complexity index is 397.